The van der Waals surface area contributed by atoms with Gasteiger partial charge in [0.2, 0.25) is 0 Å². The second-order valence-corrected chi connectivity index (χ2v) is 8.34. The smallest absolute Gasteiger partial charge is 0.269 e. The van der Waals surface area contributed by atoms with E-state index in [1.807, 2.05) is 29.3 Å². The van der Waals surface area contributed by atoms with Crippen molar-refractivity contribution >= 4 is 23.2 Å². The van der Waals surface area contributed by atoms with Crippen LogP contribution in [0.2, 0.25) is 0 Å². The Balaban J connectivity index is 1.60. The lowest BCUT2D eigenvalue weighted by molar-refractivity contribution is -0.384. The molecule has 3 aromatic rings. The third-order valence-electron chi connectivity index (χ3n) is 6.10. The fourth-order valence-electron chi connectivity index (χ4n) is 4.67. The summed E-state index contributed by atoms with van der Waals surface area (Å²) < 4.78 is 0. The highest BCUT2D eigenvalue weighted by Gasteiger charge is 2.43. The summed E-state index contributed by atoms with van der Waals surface area (Å²) in [7, 11) is 2.15. The number of anilines is 1. The van der Waals surface area contributed by atoms with E-state index >= 15 is 0 Å². The van der Waals surface area contributed by atoms with Crippen LogP contribution in [-0.4, -0.2) is 35.7 Å². The molecule has 2 atom stereocenters. The topological polar surface area (TPSA) is 62.0 Å². The summed E-state index contributed by atoms with van der Waals surface area (Å²) in [4.78, 5) is 13.1. The minimum Gasteiger partial charge on any atom is -0.301 e. The van der Waals surface area contributed by atoms with Crippen molar-refractivity contribution in [2.45, 2.75) is 6.04 Å². The molecule has 2 heterocycles. The van der Waals surface area contributed by atoms with Crippen LogP contribution in [0.4, 0.5) is 11.4 Å². The van der Waals surface area contributed by atoms with Crippen LogP contribution in [0.15, 0.2) is 95.6 Å². The van der Waals surface area contributed by atoms with Gasteiger partial charge in [-0.2, -0.15) is 5.10 Å². The maximum atomic E-state index is 11.1. The lowest BCUT2D eigenvalue weighted by atomic mass is 9.83. The van der Waals surface area contributed by atoms with Gasteiger partial charge in [-0.25, -0.2) is 0 Å². The van der Waals surface area contributed by atoms with Crippen molar-refractivity contribution in [1.29, 1.82) is 0 Å². The van der Waals surface area contributed by atoms with Gasteiger partial charge >= 0.3 is 0 Å². The standard InChI is InChI=1S/C26H24N4O2/c1-28-17-21(16-19-8-4-2-5-9-19)25-24(18-28)26(20-10-6-3-7-11-20)29(27-25)22-12-14-23(15-13-22)30(31)32/h2-16,24,26H,17-18H2,1H3/b21-16-. The molecule has 0 N–H and O–H groups in total. The predicted molar refractivity (Wildman–Crippen MR) is 128 cm³/mol. The molecule has 0 radical (unpaired) electrons. The number of nitrogens with zero attached hydrogens (tertiary/aromatic N) is 4. The molecule has 3 aromatic carbocycles. The Kier molecular flexibility index (Phi) is 5.29. The normalized spacial score (nSPS) is 22.0. The number of hydrogen-bond donors (Lipinski definition) is 0. The molecule has 2 aliphatic rings. The lowest BCUT2D eigenvalue weighted by Gasteiger charge is -2.34. The molecule has 0 saturated carbocycles. The summed E-state index contributed by atoms with van der Waals surface area (Å²) in [5.74, 6) is 0.196. The SMILES string of the molecule is CN1C/C(=C/c2ccccc2)C2=NN(c3ccc([N+](=O)[O-])cc3)C(c3ccccc3)C2C1. The molecule has 160 valence electrons. The molecule has 0 bridgehead atoms. The molecule has 32 heavy (non-hydrogen) atoms. The molecular weight excluding hydrogens is 400 g/mol. The van der Waals surface area contributed by atoms with Gasteiger partial charge in [-0.05, 0) is 42.0 Å². The van der Waals surface area contributed by atoms with E-state index in [1.54, 1.807) is 24.3 Å². The average Bonchev–Trinajstić information content (AvgIpc) is 3.20. The van der Waals surface area contributed by atoms with Crippen molar-refractivity contribution in [2.75, 3.05) is 25.1 Å². The lowest BCUT2D eigenvalue weighted by Crippen LogP contribution is -2.41. The van der Waals surface area contributed by atoms with Crippen LogP contribution < -0.4 is 5.01 Å². The zero-order valence-corrected chi connectivity index (χ0v) is 17.8. The molecule has 0 spiro atoms. The molecule has 1 fully saturated rings. The molecule has 0 aromatic heterocycles. The van der Waals surface area contributed by atoms with Crippen molar-refractivity contribution < 1.29 is 4.92 Å². The first-order chi connectivity index (χ1) is 15.6. The summed E-state index contributed by atoms with van der Waals surface area (Å²) >= 11 is 0. The summed E-state index contributed by atoms with van der Waals surface area (Å²) in [5.41, 5.74) is 5.58. The van der Waals surface area contributed by atoms with E-state index in [-0.39, 0.29) is 22.6 Å². The van der Waals surface area contributed by atoms with Gasteiger partial charge in [0.15, 0.2) is 0 Å². The third kappa shape index (κ3) is 3.81. The molecule has 2 aliphatic heterocycles. The van der Waals surface area contributed by atoms with Crippen LogP contribution >= 0.6 is 0 Å². The van der Waals surface area contributed by atoms with E-state index in [0.29, 0.717) is 0 Å². The number of rotatable bonds is 4. The zero-order chi connectivity index (χ0) is 22.1. The minimum atomic E-state index is -0.371. The molecule has 6 heteroatoms. The Morgan fingerprint density at radius 1 is 0.969 bits per heavy atom. The first-order valence-electron chi connectivity index (χ1n) is 10.7. The molecular formula is C26H24N4O2. The van der Waals surface area contributed by atoms with E-state index in [0.717, 1.165) is 30.1 Å². The monoisotopic (exact) mass is 424 g/mol. The van der Waals surface area contributed by atoms with Gasteiger partial charge in [0.25, 0.3) is 5.69 Å². The Morgan fingerprint density at radius 3 is 2.28 bits per heavy atom. The van der Waals surface area contributed by atoms with Crippen LogP contribution in [0.5, 0.6) is 0 Å². The Labute approximate surface area is 187 Å². The quantitative estimate of drug-likeness (QED) is 0.429. The third-order valence-corrected chi connectivity index (χ3v) is 6.10. The van der Waals surface area contributed by atoms with Crippen molar-refractivity contribution in [1.82, 2.24) is 4.90 Å². The number of likely N-dealkylation sites (tertiary alicyclic amines) is 1. The number of likely N-dealkylation sites (N-methyl/N-ethyl adjacent to an activating group) is 1. The Bertz CT molecular complexity index is 1170. The maximum absolute atomic E-state index is 11.1. The summed E-state index contributed by atoms with van der Waals surface area (Å²) in [5, 5.41) is 18.3. The van der Waals surface area contributed by atoms with Gasteiger partial charge in [-0.3, -0.25) is 15.1 Å². The van der Waals surface area contributed by atoms with Crippen molar-refractivity contribution in [2.24, 2.45) is 11.0 Å². The number of nitro groups is 1. The van der Waals surface area contributed by atoms with Crippen LogP contribution in [0.3, 0.4) is 0 Å². The van der Waals surface area contributed by atoms with Crippen molar-refractivity contribution in [3.05, 3.63) is 112 Å². The summed E-state index contributed by atoms with van der Waals surface area (Å²) in [6.07, 6.45) is 2.23. The fourth-order valence-corrected chi connectivity index (χ4v) is 4.67. The number of non-ortho nitro benzene ring substituents is 1. The van der Waals surface area contributed by atoms with Crippen molar-refractivity contribution in [3.8, 4) is 0 Å². The van der Waals surface area contributed by atoms with E-state index in [4.69, 9.17) is 5.10 Å². The van der Waals surface area contributed by atoms with Gasteiger partial charge < -0.3 is 4.90 Å². The van der Waals surface area contributed by atoms with Crippen LogP contribution in [-0.2, 0) is 0 Å². The molecule has 6 nitrogen and oxygen atoms in total. The van der Waals surface area contributed by atoms with E-state index in [1.165, 1.54) is 11.1 Å². The second-order valence-electron chi connectivity index (χ2n) is 8.34. The Morgan fingerprint density at radius 2 is 1.62 bits per heavy atom. The highest BCUT2D eigenvalue weighted by Crippen LogP contribution is 2.43. The summed E-state index contributed by atoms with van der Waals surface area (Å²) in [6, 6.07) is 27.4. The van der Waals surface area contributed by atoms with Gasteiger partial charge in [0, 0.05) is 31.1 Å². The minimum absolute atomic E-state index is 0.0228. The molecule has 0 amide bonds. The number of fused-ring (bicyclic) bond motifs is 1. The molecule has 0 aliphatic carbocycles. The van der Waals surface area contributed by atoms with Gasteiger partial charge in [-0.1, -0.05) is 60.7 Å². The number of piperidine rings is 1. The zero-order valence-electron chi connectivity index (χ0n) is 17.8. The number of hydrazone groups is 1. The fraction of sp³-hybridized carbons (Fsp3) is 0.192. The maximum Gasteiger partial charge on any atom is 0.269 e. The van der Waals surface area contributed by atoms with Gasteiger partial charge in [0.05, 0.1) is 22.4 Å². The molecule has 5 rings (SSSR count). The Hall–Kier alpha value is -3.77. The number of hydrogen-bond acceptors (Lipinski definition) is 5. The van der Waals surface area contributed by atoms with E-state index < -0.39 is 0 Å². The highest BCUT2D eigenvalue weighted by atomic mass is 16.6. The number of benzene rings is 3. The van der Waals surface area contributed by atoms with E-state index in [9.17, 15) is 10.1 Å². The number of nitro benzene ring substituents is 1. The molecule has 1 saturated heterocycles. The van der Waals surface area contributed by atoms with Gasteiger partial charge in [0.1, 0.15) is 0 Å². The molecule has 2 unspecified atom stereocenters. The first-order valence-corrected chi connectivity index (χ1v) is 10.7. The van der Waals surface area contributed by atoms with Crippen LogP contribution in [0, 0.1) is 16.0 Å². The average molecular weight is 425 g/mol. The summed E-state index contributed by atoms with van der Waals surface area (Å²) in [6.45, 7) is 1.73. The second kappa shape index (κ2) is 8.40. The highest BCUT2D eigenvalue weighted by molar-refractivity contribution is 6.08. The van der Waals surface area contributed by atoms with E-state index in [2.05, 4.69) is 54.4 Å². The first kappa shape index (κ1) is 20.2. The largest absolute Gasteiger partial charge is 0.301 e. The van der Waals surface area contributed by atoms with Crippen LogP contribution in [0.1, 0.15) is 17.2 Å². The van der Waals surface area contributed by atoms with Gasteiger partial charge in [-0.15, -0.1) is 0 Å². The van der Waals surface area contributed by atoms with Crippen LogP contribution in [0.25, 0.3) is 6.08 Å². The predicted octanol–water partition coefficient (Wildman–Crippen LogP) is 5.16. The van der Waals surface area contributed by atoms with Crippen molar-refractivity contribution in [3.63, 3.8) is 0 Å².